The average Bonchev–Trinajstić information content (AvgIpc) is 2.95. The molecule has 3 N–H and O–H groups in total. The van der Waals surface area contributed by atoms with Crippen molar-refractivity contribution >= 4 is 0 Å². The van der Waals surface area contributed by atoms with Crippen molar-refractivity contribution in [3.63, 3.8) is 0 Å². The van der Waals surface area contributed by atoms with Gasteiger partial charge in [0.25, 0.3) is 0 Å². The van der Waals surface area contributed by atoms with Crippen LogP contribution in [0.3, 0.4) is 0 Å². The van der Waals surface area contributed by atoms with Gasteiger partial charge in [-0.25, -0.2) is 9.97 Å². The van der Waals surface area contributed by atoms with Gasteiger partial charge in [0.15, 0.2) is 0 Å². The largest absolute Gasteiger partial charge is 0.497 e. The molecule has 1 aromatic heterocycles. The van der Waals surface area contributed by atoms with E-state index in [0.29, 0.717) is 19.4 Å². The third kappa shape index (κ3) is 4.38. The van der Waals surface area contributed by atoms with E-state index in [9.17, 15) is 10.2 Å². The van der Waals surface area contributed by atoms with Gasteiger partial charge < -0.3 is 20.3 Å². The lowest BCUT2D eigenvalue weighted by molar-refractivity contribution is 0.0716. The molecule has 0 aliphatic heterocycles. The summed E-state index contributed by atoms with van der Waals surface area (Å²) < 4.78 is 5.19. The van der Waals surface area contributed by atoms with Crippen molar-refractivity contribution in [3.05, 3.63) is 53.6 Å². The van der Waals surface area contributed by atoms with Crippen molar-refractivity contribution in [1.82, 2.24) is 15.3 Å². The molecule has 4 atom stereocenters. The van der Waals surface area contributed by atoms with Crippen molar-refractivity contribution < 1.29 is 14.9 Å². The number of aliphatic hydroxyl groups excluding tert-OH is 2. The molecule has 4 unspecified atom stereocenters. The zero-order valence-electron chi connectivity index (χ0n) is 15.3. The Morgan fingerprint density at radius 1 is 1.19 bits per heavy atom. The van der Waals surface area contributed by atoms with Crippen molar-refractivity contribution in [2.24, 2.45) is 11.8 Å². The fraction of sp³-hybridized carbons (Fsp3) is 0.500. The predicted octanol–water partition coefficient (Wildman–Crippen LogP) is 1.48. The van der Waals surface area contributed by atoms with Crippen LogP contribution in [0.1, 0.15) is 23.5 Å². The molecule has 1 aromatic carbocycles. The van der Waals surface area contributed by atoms with E-state index in [0.717, 1.165) is 22.8 Å². The van der Waals surface area contributed by atoms with Gasteiger partial charge in [-0.05, 0) is 49.4 Å². The Bertz CT molecular complexity index is 708. The number of nitrogens with zero attached hydrogens (tertiary/aromatic N) is 2. The maximum absolute atomic E-state index is 10.4. The topological polar surface area (TPSA) is 87.5 Å². The maximum Gasteiger partial charge on any atom is 0.125 e. The Hall–Kier alpha value is -2.02. The Kier molecular flexibility index (Phi) is 6.19. The maximum atomic E-state index is 10.4. The summed E-state index contributed by atoms with van der Waals surface area (Å²) in [6, 6.07) is 9.98. The first kappa shape index (κ1) is 18.8. The van der Waals surface area contributed by atoms with Crippen molar-refractivity contribution in [2.45, 2.75) is 38.5 Å². The quantitative estimate of drug-likeness (QED) is 0.696. The summed E-state index contributed by atoms with van der Waals surface area (Å²) in [6.07, 6.45) is 2.61. The van der Waals surface area contributed by atoms with Gasteiger partial charge in [-0.15, -0.1) is 0 Å². The lowest BCUT2D eigenvalue weighted by Crippen LogP contribution is -2.36. The fourth-order valence-corrected chi connectivity index (χ4v) is 3.83. The molecule has 140 valence electrons. The van der Waals surface area contributed by atoms with Gasteiger partial charge >= 0.3 is 0 Å². The van der Waals surface area contributed by atoms with Crippen LogP contribution in [0.5, 0.6) is 5.75 Å². The fourth-order valence-electron chi connectivity index (χ4n) is 3.83. The number of aromatic nitrogens is 2. The highest BCUT2D eigenvalue weighted by molar-refractivity contribution is 5.27. The monoisotopic (exact) mass is 357 g/mol. The Balaban J connectivity index is 1.68. The van der Waals surface area contributed by atoms with E-state index in [1.807, 2.05) is 37.3 Å². The van der Waals surface area contributed by atoms with Crippen LogP contribution in [0.15, 0.2) is 36.5 Å². The SMILES string of the molecule is COc1ccc(CNC2CC(O)C(CO)C2Cc2ccnc(C)n2)cc1. The van der Waals surface area contributed by atoms with Crippen LogP contribution >= 0.6 is 0 Å². The highest BCUT2D eigenvalue weighted by Gasteiger charge is 2.41. The molecule has 1 fully saturated rings. The van der Waals surface area contributed by atoms with Crippen LogP contribution < -0.4 is 10.1 Å². The highest BCUT2D eigenvalue weighted by atomic mass is 16.5. The number of hydrogen-bond donors (Lipinski definition) is 3. The zero-order valence-corrected chi connectivity index (χ0v) is 15.3. The van der Waals surface area contributed by atoms with Crippen LogP contribution in [0.2, 0.25) is 0 Å². The Labute approximate surface area is 154 Å². The number of aryl methyl sites for hydroxylation is 1. The van der Waals surface area contributed by atoms with Crippen LogP contribution in [0, 0.1) is 18.8 Å². The first-order chi connectivity index (χ1) is 12.6. The second-order valence-electron chi connectivity index (χ2n) is 6.95. The lowest BCUT2D eigenvalue weighted by atomic mass is 9.88. The molecule has 6 nitrogen and oxygen atoms in total. The van der Waals surface area contributed by atoms with Gasteiger partial charge in [-0.2, -0.15) is 0 Å². The molecule has 0 spiro atoms. The first-order valence-electron chi connectivity index (χ1n) is 9.04. The number of ether oxygens (including phenoxy) is 1. The molecule has 2 aromatic rings. The first-order valence-corrected chi connectivity index (χ1v) is 9.04. The molecule has 1 aliphatic rings. The number of aliphatic hydroxyl groups is 2. The molecule has 1 aliphatic carbocycles. The highest BCUT2D eigenvalue weighted by Crippen LogP contribution is 2.34. The lowest BCUT2D eigenvalue weighted by Gasteiger charge is -2.25. The van der Waals surface area contributed by atoms with Crippen LogP contribution in [0.25, 0.3) is 0 Å². The van der Waals surface area contributed by atoms with E-state index in [4.69, 9.17) is 4.74 Å². The number of benzene rings is 1. The van der Waals surface area contributed by atoms with Gasteiger partial charge in [0.05, 0.1) is 13.2 Å². The zero-order chi connectivity index (χ0) is 18.5. The molecule has 1 heterocycles. The Morgan fingerprint density at radius 3 is 2.62 bits per heavy atom. The number of nitrogens with one attached hydrogen (secondary N) is 1. The molecule has 3 rings (SSSR count). The van der Waals surface area contributed by atoms with Crippen molar-refractivity contribution in [1.29, 1.82) is 0 Å². The van der Waals surface area contributed by atoms with Gasteiger partial charge in [-0.1, -0.05) is 12.1 Å². The van der Waals surface area contributed by atoms with Crippen molar-refractivity contribution in [2.75, 3.05) is 13.7 Å². The summed E-state index contributed by atoms with van der Waals surface area (Å²) in [7, 11) is 1.65. The van der Waals surface area contributed by atoms with Crippen LogP contribution in [-0.4, -0.2) is 46.0 Å². The van der Waals surface area contributed by atoms with Gasteiger partial charge in [0, 0.05) is 37.0 Å². The minimum atomic E-state index is -0.499. The molecule has 0 bridgehead atoms. The second kappa shape index (κ2) is 8.58. The third-order valence-electron chi connectivity index (χ3n) is 5.27. The Morgan fingerprint density at radius 2 is 1.96 bits per heavy atom. The van der Waals surface area contributed by atoms with E-state index in [2.05, 4.69) is 15.3 Å². The normalized spacial score (nSPS) is 25.4. The summed E-state index contributed by atoms with van der Waals surface area (Å²) in [6.45, 7) is 2.56. The van der Waals surface area contributed by atoms with E-state index in [1.165, 1.54) is 0 Å². The van der Waals surface area contributed by atoms with Gasteiger partial charge in [-0.3, -0.25) is 0 Å². The molecule has 26 heavy (non-hydrogen) atoms. The standard InChI is InChI=1S/C20H27N3O3/c1-13-21-8-7-15(23-13)9-17-18(12-24)20(25)10-19(17)22-11-14-3-5-16(26-2)6-4-14/h3-8,17-20,22,24-25H,9-12H2,1-2H3. The number of rotatable bonds is 7. The number of hydrogen-bond acceptors (Lipinski definition) is 6. The predicted molar refractivity (Wildman–Crippen MR) is 98.8 cm³/mol. The molecule has 1 saturated carbocycles. The summed E-state index contributed by atoms with van der Waals surface area (Å²) in [5, 5.41) is 23.7. The second-order valence-corrected chi connectivity index (χ2v) is 6.95. The van der Waals surface area contributed by atoms with Crippen LogP contribution in [-0.2, 0) is 13.0 Å². The van der Waals surface area contributed by atoms with Gasteiger partial charge in [0.1, 0.15) is 11.6 Å². The average molecular weight is 357 g/mol. The summed E-state index contributed by atoms with van der Waals surface area (Å²) >= 11 is 0. The smallest absolute Gasteiger partial charge is 0.125 e. The van der Waals surface area contributed by atoms with E-state index in [-0.39, 0.29) is 24.5 Å². The third-order valence-corrected chi connectivity index (χ3v) is 5.27. The minimum Gasteiger partial charge on any atom is -0.497 e. The van der Waals surface area contributed by atoms with E-state index < -0.39 is 6.10 Å². The van der Waals surface area contributed by atoms with E-state index in [1.54, 1.807) is 13.3 Å². The minimum absolute atomic E-state index is 0.0172. The summed E-state index contributed by atoms with van der Waals surface area (Å²) in [5.74, 6) is 1.56. The number of methoxy groups -OCH3 is 1. The molecular formula is C20H27N3O3. The van der Waals surface area contributed by atoms with Gasteiger partial charge in [0.2, 0.25) is 0 Å². The molecular weight excluding hydrogens is 330 g/mol. The molecule has 0 amide bonds. The molecule has 0 radical (unpaired) electrons. The summed E-state index contributed by atoms with van der Waals surface area (Å²) in [5.41, 5.74) is 2.11. The van der Waals surface area contributed by atoms with Crippen LogP contribution in [0.4, 0.5) is 0 Å². The van der Waals surface area contributed by atoms with E-state index >= 15 is 0 Å². The molecule has 6 heteroatoms. The molecule has 0 saturated heterocycles. The summed E-state index contributed by atoms with van der Waals surface area (Å²) in [4.78, 5) is 8.63. The van der Waals surface area contributed by atoms with Crippen molar-refractivity contribution in [3.8, 4) is 5.75 Å².